The average molecular weight is 633 g/mol. The first kappa shape index (κ1) is 29.3. The molecule has 3 aromatic heterocycles. The lowest BCUT2D eigenvalue weighted by Gasteiger charge is -2.49. The number of rotatable bonds is 11. The summed E-state index contributed by atoms with van der Waals surface area (Å²) in [5.41, 5.74) is 6.91. The molecule has 5 heterocycles. The van der Waals surface area contributed by atoms with Crippen LogP contribution < -0.4 is 20.9 Å². The molecule has 5 N–H and O–H groups in total. The summed E-state index contributed by atoms with van der Waals surface area (Å²) in [5, 5.41) is 25.7. The highest BCUT2D eigenvalue weighted by molar-refractivity contribution is 8.00. The van der Waals surface area contributed by atoms with E-state index in [1.165, 1.54) is 42.5 Å². The van der Waals surface area contributed by atoms with Crippen molar-refractivity contribution in [3.63, 3.8) is 0 Å². The average Bonchev–Trinajstić information content (AvgIpc) is 3.57. The van der Waals surface area contributed by atoms with Crippen molar-refractivity contribution in [2.75, 3.05) is 30.9 Å². The highest BCUT2D eigenvalue weighted by atomic mass is 32.2. The summed E-state index contributed by atoms with van der Waals surface area (Å²) in [4.78, 5) is 59.6. The molecule has 2 aliphatic rings. The zero-order valence-electron chi connectivity index (χ0n) is 22.3. The SMILES string of the molecule is CO/N=C(\C(=O)N[C@@H]1C(=O)N2C(C(=O)O)=C(C[n+]3ccn4nc(SCCNC(C)=O)ccc43)CS[C@H]12)c1csc(N)n1. The van der Waals surface area contributed by atoms with E-state index in [0.29, 0.717) is 23.6 Å². The van der Waals surface area contributed by atoms with Gasteiger partial charge >= 0.3 is 11.6 Å². The van der Waals surface area contributed by atoms with Crippen LogP contribution >= 0.6 is 34.9 Å². The third-order valence-electron chi connectivity index (χ3n) is 6.28. The second-order valence-electron chi connectivity index (χ2n) is 9.04. The number of oxime groups is 1. The minimum atomic E-state index is -1.23. The Labute approximate surface area is 251 Å². The van der Waals surface area contributed by atoms with Gasteiger partial charge in [-0.2, -0.15) is 0 Å². The molecule has 0 aliphatic carbocycles. The van der Waals surface area contributed by atoms with Crippen LogP contribution in [0.4, 0.5) is 5.13 Å². The van der Waals surface area contributed by atoms with Crippen LogP contribution in [0.1, 0.15) is 12.6 Å². The number of carbonyl (C=O) groups excluding carboxylic acids is 3. The zero-order chi connectivity index (χ0) is 30.0. The summed E-state index contributed by atoms with van der Waals surface area (Å²) < 4.78 is 3.55. The predicted octanol–water partition coefficient (Wildman–Crippen LogP) is -0.322. The highest BCUT2D eigenvalue weighted by Crippen LogP contribution is 2.40. The Morgan fingerprint density at radius 2 is 2.17 bits per heavy atom. The molecule has 2 aliphatic heterocycles. The number of amides is 3. The fourth-order valence-electron chi connectivity index (χ4n) is 4.48. The third-order valence-corrected chi connectivity index (χ3v) is 9.22. The van der Waals surface area contributed by atoms with Gasteiger partial charge in [0.1, 0.15) is 47.7 Å². The number of thiazole rings is 1. The van der Waals surface area contributed by atoms with Crippen molar-refractivity contribution in [2.24, 2.45) is 5.16 Å². The first-order valence-electron chi connectivity index (χ1n) is 12.5. The van der Waals surface area contributed by atoms with Gasteiger partial charge in [-0.3, -0.25) is 19.3 Å². The van der Waals surface area contributed by atoms with Crippen molar-refractivity contribution in [1.29, 1.82) is 0 Å². The lowest BCUT2D eigenvalue weighted by molar-refractivity contribution is -0.662. The van der Waals surface area contributed by atoms with Crippen LogP contribution in [-0.4, -0.2) is 90.6 Å². The molecule has 220 valence electrons. The number of nitrogen functional groups attached to an aromatic ring is 1. The van der Waals surface area contributed by atoms with Crippen LogP contribution in [0.25, 0.3) is 5.65 Å². The van der Waals surface area contributed by atoms with E-state index in [9.17, 15) is 24.3 Å². The quantitative estimate of drug-likeness (QED) is 0.0540. The monoisotopic (exact) mass is 632 g/mol. The maximum atomic E-state index is 13.2. The number of carboxylic acids is 1. The number of anilines is 1. The van der Waals surface area contributed by atoms with E-state index in [0.717, 1.165) is 22.0 Å². The Kier molecular flexibility index (Phi) is 8.64. The Morgan fingerprint density at radius 1 is 1.36 bits per heavy atom. The first-order chi connectivity index (χ1) is 20.2. The number of carboxylic acid groups (broad SMARTS) is 1. The number of nitrogens with one attached hydrogen (secondary N) is 2. The number of hydrogen-bond acceptors (Lipinski definition) is 12. The number of hydrogen-bond donors (Lipinski definition) is 4. The van der Waals surface area contributed by atoms with Gasteiger partial charge in [-0.15, -0.1) is 39.4 Å². The van der Waals surface area contributed by atoms with Crippen LogP contribution in [0, 0.1) is 0 Å². The van der Waals surface area contributed by atoms with E-state index < -0.39 is 29.2 Å². The molecule has 0 aromatic carbocycles. The van der Waals surface area contributed by atoms with E-state index in [-0.39, 0.29) is 34.7 Å². The zero-order valence-corrected chi connectivity index (χ0v) is 24.8. The van der Waals surface area contributed by atoms with E-state index in [2.05, 4.69) is 25.9 Å². The molecule has 2 atom stereocenters. The normalized spacial score (nSPS) is 18.5. The molecule has 0 bridgehead atoms. The van der Waals surface area contributed by atoms with Gasteiger partial charge in [0, 0.05) is 42.0 Å². The van der Waals surface area contributed by atoms with E-state index >= 15 is 0 Å². The smallest absolute Gasteiger partial charge is 0.352 e. The van der Waals surface area contributed by atoms with Crippen molar-refractivity contribution >= 4 is 75.0 Å². The fourth-order valence-corrected chi connectivity index (χ4v) is 7.08. The van der Waals surface area contributed by atoms with Gasteiger partial charge in [0.2, 0.25) is 5.91 Å². The second-order valence-corrected chi connectivity index (χ2v) is 12.2. The van der Waals surface area contributed by atoms with Gasteiger partial charge in [0.25, 0.3) is 11.8 Å². The number of fused-ring (bicyclic) bond motifs is 2. The molecular weight excluding hydrogens is 607 g/mol. The Hall–Kier alpha value is -4.16. The summed E-state index contributed by atoms with van der Waals surface area (Å²) in [6.45, 7) is 2.22. The third kappa shape index (κ3) is 5.90. The fraction of sp³-hybridized carbons (Fsp3) is 0.333. The maximum absolute atomic E-state index is 13.2. The summed E-state index contributed by atoms with van der Waals surface area (Å²) in [7, 11) is 1.28. The molecule has 5 rings (SSSR count). The largest absolute Gasteiger partial charge is 0.477 e. The molecule has 0 spiro atoms. The lowest BCUT2D eigenvalue weighted by Crippen LogP contribution is -2.71. The predicted molar refractivity (Wildman–Crippen MR) is 155 cm³/mol. The molecule has 1 saturated heterocycles. The van der Waals surface area contributed by atoms with Crippen LogP contribution in [0.15, 0.2) is 51.4 Å². The van der Waals surface area contributed by atoms with Gasteiger partial charge in [-0.25, -0.2) is 14.3 Å². The summed E-state index contributed by atoms with van der Waals surface area (Å²) in [5.74, 6) is -1.55. The number of imidazole rings is 1. The Bertz CT molecular complexity index is 1630. The van der Waals surface area contributed by atoms with Gasteiger partial charge in [-0.05, 0) is 6.07 Å². The molecule has 15 nitrogen and oxygen atoms in total. The maximum Gasteiger partial charge on any atom is 0.352 e. The number of aliphatic carboxylic acids is 1. The molecule has 3 aromatic rings. The number of aromatic nitrogens is 4. The van der Waals surface area contributed by atoms with E-state index in [1.54, 1.807) is 22.3 Å². The number of nitrogens with two attached hydrogens (primary N) is 1. The van der Waals surface area contributed by atoms with Crippen molar-refractivity contribution in [3.05, 3.63) is 46.9 Å². The summed E-state index contributed by atoms with van der Waals surface area (Å²) in [6, 6.07) is 2.78. The first-order valence-corrected chi connectivity index (χ1v) is 15.4. The van der Waals surface area contributed by atoms with Crippen molar-refractivity contribution in [2.45, 2.75) is 29.9 Å². The molecular formula is C24H26N9O6S3+. The van der Waals surface area contributed by atoms with Crippen molar-refractivity contribution in [1.82, 2.24) is 30.1 Å². The lowest BCUT2D eigenvalue weighted by atomic mass is 10.0. The van der Waals surface area contributed by atoms with Crippen molar-refractivity contribution < 1.29 is 33.7 Å². The minimum absolute atomic E-state index is 0.0868. The standard InChI is InChI=1S/C24H25N9O6S3/c1-12(34)26-5-8-40-15-3-4-16-31(6-7-32(16)29-15)9-13-10-41-22-18(21(36)33(22)19(13)23(37)38)28-20(35)17(30-39-2)14-11-42-24(25)27-14/h3-4,6-7,11,18,22H,5,8-10H2,1-2H3,(H4-,25,26,27,28,34,35,37,38)/p+1/b30-17-/t18-,22-/m1/s1. The summed E-state index contributed by atoms with van der Waals surface area (Å²) in [6.07, 6.45) is 3.56. The molecule has 1 fully saturated rings. The molecule has 42 heavy (non-hydrogen) atoms. The van der Waals surface area contributed by atoms with E-state index in [1.807, 2.05) is 16.7 Å². The Balaban J connectivity index is 1.30. The Morgan fingerprint density at radius 3 is 2.86 bits per heavy atom. The molecule has 0 unspecified atom stereocenters. The van der Waals surface area contributed by atoms with Crippen LogP contribution in [0.2, 0.25) is 0 Å². The number of β-lactam (4-membered cyclic amide) rings is 1. The van der Waals surface area contributed by atoms with Gasteiger partial charge < -0.3 is 26.3 Å². The minimum Gasteiger partial charge on any atom is -0.477 e. The van der Waals surface area contributed by atoms with Gasteiger partial charge in [0.15, 0.2) is 17.0 Å². The number of nitrogens with zero attached hydrogens (tertiary/aromatic N) is 6. The topological polar surface area (TPSA) is 197 Å². The van der Waals surface area contributed by atoms with Gasteiger partial charge in [0.05, 0.1) is 0 Å². The van der Waals surface area contributed by atoms with Crippen LogP contribution in [-0.2, 0) is 30.6 Å². The van der Waals surface area contributed by atoms with E-state index in [4.69, 9.17) is 10.6 Å². The van der Waals surface area contributed by atoms with Crippen LogP contribution in [0.3, 0.4) is 0 Å². The molecule has 0 radical (unpaired) electrons. The number of carbonyl (C=O) groups is 4. The van der Waals surface area contributed by atoms with Crippen molar-refractivity contribution in [3.8, 4) is 0 Å². The second kappa shape index (κ2) is 12.4. The number of thioether (sulfide) groups is 2. The molecule has 3 amide bonds. The summed E-state index contributed by atoms with van der Waals surface area (Å²) >= 11 is 3.98. The highest BCUT2D eigenvalue weighted by Gasteiger charge is 2.54. The molecule has 18 heteroatoms. The van der Waals surface area contributed by atoms with Crippen LogP contribution in [0.5, 0.6) is 0 Å². The van der Waals surface area contributed by atoms with Gasteiger partial charge in [-0.1, -0.05) is 10.3 Å². The molecule has 0 saturated carbocycles.